The highest BCUT2D eigenvalue weighted by Gasteiger charge is 2.32. The van der Waals surface area contributed by atoms with Gasteiger partial charge in [0.1, 0.15) is 23.4 Å². The Morgan fingerprint density at radius 3 is 2.55 bits per heavy atom. The van der Waals surface area contributed by atoms with Gasteiger partial charge in [0, 0.05) is 19.6 Å². The molecule has 3 aromatic carbocycles. The number of allylic oxidation sites excluding steroid dienone is 1. The van der Waals surface area contributed by atoms with Crippen molar-refractivity contribution in [2.75, 3.05) is 26.3 Å². The maximum Gasteiger partial charge on any atom is 0.573 e. The summed E-state index contributed by atoms with van der Waals surface area (Å²) in [7, 11) is 0. The number of nitrogens with zero attached hydrogens (tertiary/aromatic N) is 1. The summed E-state index contributed by atoms with van der Waals surface area (Å²) in [5.41, 5.74) is 5.38. The van der Waals surface area contributed by atoms with E-state index in [1.807, 2.05) is 30.3 Å². The maximum atomic E-state index is 12.7. The van der Waals surface area contributed by atoms with Crippen molar-refractivity contribution in [1.82, 2.24) is 4.90 Å². The van der Waals surface area contributed by atoms with Crippen molar-refractivity contribution in [1.29, 1.82) is 0 Å². The van der Waals surface area contributed by atoms with Gasteiger partial charge in [0.25, 0.3) is 0 Å². The number of aryl methyl sites for hydroxylation is 1. The quantitative estimate of drug-likeness (QED) is 0.291. The molecule has 0 aromatic heterocycles. The number of benzene rings is 3. The fourth-order valence-corrected chi connectivity index (χ4v) is 5.71. The smallest absolute Gasteiger partial charge is 0.508 e. The molecule has 1 fully saturated rings. The molecule has 2 aliphatic rings. The van der Waals surface area contributed by atoms with Crippen molar-refractivity contribution in [3.8, 4) is 17.2 Å². The zero-order chi connectivity index (χ0) is 28.3. The topological polar surface area (TPSA) is 41.9 Å². The van der Waals surface area contributed by atoms with Crippen molar-refractivity contribution in [3.05, 3.63) is 94.6 Å². The monoisotopic (exact) mass is 555 g/mol. The Morgan fingerprint density at radius 2 is 1.82 bits per heavy atom. The summed E-state index contributed by atoms with van der Waals surface area (Å²) in [6.45, 7) is 3.78. The van der Waals surface area contributed by atoms with Crippen LogP contribution in [-0.4, -0.2) is 48.8 Å². The summed E-state index contributed by atoms with van der Waals surface area (Å²) in [6.07, 6.45) is 0.288. The van der Waals surface area contributed by atoms with E-state index in [4.69, 9.17) is 4.74 Å². The number of halogens is 4. The van der Waals surface area contributed by atoms with E-state index in [2.05, 4.69) is 15.7 Å². The Balaban J connectivity index is 1.35. The average molecular weight is 556 g/mol. The van der Waals surface area contributed by atoms with Crippen molar-refractivity contribution in [2.24, 2.45) is 0 Å². The lowest BCUT2D eigenvalue weighted by Crippen LogP contribution is -2.26. The molecule has 0 radical (unpaired) electrons. The molecule has 1 saturated heterocycles. The van der Waals surface area contributed by atoms with Crippen LogP contribution in [0.2, 0.25) is 0 Å². The van der Waals surface area contributed by atoms with Gasteiger partial charge in [-0.2, -0.15) is 0 Å². The Labute approximate surface area is 231 Å². The van der Waals surface area contributed by atoms with Crippen LogP contribution in [0.1, 0.15) is 53.0 Å². The number of hydrogen-bond donors (Lipinski definition) is 1. The number of aromatic hydroxyl groups is 1. The summed E-state index contributed by atoms with van der Waals surface area (Å²) in [5.74, 6) is 0.772. The number of alkyl halides is 4. The van der Waals surface area contributed by atoms with Crippen LogP contribution in [0, 0.1) is 6.92 Å². The first-order valence-electron chi connectivity index (χ1n) is 13.6. The van der Waals surface area contributed by atoms with E-state index >= 15 is 0 Å². The van der Waals surface area contributed by atoms with E-state index in [0.717, 1.165) is 59.6 Å². The molecule has 1 N–H and O–H groups in total. The van der Waals surface area contributed by atoms with Gasteiger partial charge in [-0.15, -0.1) is 13.2 Å². The van der Waals surface area contributed by atoms with Crippen molar-refractivity contribution >= 4 is 5.57 Å². The fraction of sp³-hybridized carbons (Fsp3) is 0.375. The van der Waals surface area contributed by atoms with E-state index in [-0.39, 0.29) is 30.2 Å². The van der Waals surface area contributed by atoms with Crippen molar-refractivity contribution < 1.29 is 32.1 Å². The molecule has 5 rings (SSSR count). The van der Waals surface area contributed by atoms with Crippen molar-refractivity contribution in [2.45, 2.75) is 51.0 Å². The number of hydrogen-bond acceptors (Lipinski definition) is 4. The van der Waals surface area contributed by atoms with Crippen LogP contribution in [0.5, 0.6) is 17.2 Å². The Bertz CT molecular complexity index is 1350. The largest absolute Gasteiger partial charge is 0.573 e. The SMILES string of the molecule is Cc1cc(C2CC=C(c3ccc(O[C@H]4CCN(CCCF)C4)cc3)c3ccc(O)cc3C2)ccc1OC(F)(F)F. The summed E-state index contributed by atoms with van der Waals surface area (Å²) in [5, 5.41) is 10.2. The first-order chi connectivity index (χ1) is 19.2. The van der Waals surface area contributed by atoms with Gasteiger partial charge >= 0.3 is 6.36 Å². The van der Waals surface area contributed by atoms with Gasteiger partial charge in [0.05, 0.1) is 6.67 Å². The molecule has 0 spiro atoms. The van der Waals surface area contributed by atoms with Crippen LogP contribution in [0.25, 0.3) is 5.57 Å². The predicted molar refractivity (Wildman–Crippen MR) is 147 cm³/mol. The first-order valence-corrected chi connectivity index (χ1v) is 13.6. The molecule has 1 aliphatic carbocycles. The third-order valence-electron chi connectivity index (χ3n) is 7.65. The zero-order valence-corrected chi connectivity index (χ0v) is 22.4. The number of rotatable bonds is 8. The fourth-order valence-electron chi connectivity index (χ4n) is 5.71. The van der Waals surface area contributed by atoms with Gasteiger partial charge in [-0.3, -0.25) is 9.29 Å². The second kappa shape index (κ2) is 11.9. The lowest BCUT2D eigenvalue weighted by molar-refractivity contribution is -0.274. The maximum absolute atomic E-state index is 12.7. The van der Waals surface area contributed by atoms with Gasteiger partial charge < -0.3 is 14.6 Å². The highest BCUT2D eigenvalue weighted by molar-refractivity contribution is 5.82. The van der Waals surface area contributed by atoms with Crippen LogP contribution in [-0.2, 0) is 6.42 Å². The minimum absolute atomic E-state index is 0.0157. The van der Waals surface area contributed by atoms with Gasteiger partial charge in [-0.25, -0.2) is 0 Å². The molecule has 1 unspecified atom stereocenters. The van der Waals surface area contributed by atoms with Crippen molar-refractivity contribution in [3.63, 3.8) is 0 Å². The predicted octanol–water partition coefficient (Wildman–Crippen LogP) is 7.57. The van der Waals surface area contributed by atoms with Crippen LogP contribution < -0.4 is 9.47 Å². The lowest BCUT2D eigenvalue weighted by atomic mass is 9.88. The van der Waals surface area contributed by atoms with Gasteiger partial charge in [-0.05, 0) is 102 Å². The highest BCUT2D eigenvalue weighted by atomic mass is 19.4. The molecule has 2 atom stereocenters. The van der Waals surface area contributed by atoms with Crippen LogP contribution in [0.4, 0.5) is 17.6 Å². The molecule has 8 heteroatoms. The summed E-state index contributed by atoms with van der Waals surface area (Å²) in [6, 6.07) is 18.2. The minimum Gasteiger partial charge on any atom is -0.508 e. The molecule has 0 bridgehead atoms. The zero-order valence-electron chi connectivity index (χ0n) is 22.4. The second-order valence-corrected chi connectivity index (χ2v) is 10.6. The van der Waals surface area contributed by atoms with Crippen LogP contribution >= 0.6 is 0 Å². The molecular formula is C32H33F4NO3. The van der Waals surface area contributed by atoms with Gasteiger partial charge in [-0.1, -0.05) is 36.4 Å². The average Bonchev–Trinajstić information content (AvgIpc) is 3.27. The summed E-state index contributed by atoms with van der Waals surface area (Å²) in [4.78, 5) is 2.23. The van der Waals surface area contributed by atoms with Gasteiger partial charge in [0.2, 0.25) is 0 Å². The molecule has 40 heavy (non-hydrogen) atoms. The molecular weight excluding hydrogens is 522 g/mol. The second-order valence-electron chi connectivity index (χ2n) is 10.6. The first kappa shape index (κ1) is 28.0. The van der Waals surface area contributed by atoms with E-state index in [9.17, 15) is 22.7 Å². The number of ether oxygens (including phenoxy) is 2. The Kier molecular flexibility index (Phi) is 8.35. The number of fused-ring (bicyclic) bond motifs is 1. The van der Waals surface area contributed by atoms with E-state index < -0.39 is 6.36 Å². The minimum atomic E-state index is -4.74. The highest BCUT2D eigenvalue weighted by Crippen LogP contribution is 2.39. The Morgan fingerprint density at radius 1 is 1.02 bits per heavy atom. The van der Waals surface area contributed by atoms with Crippen LogP contribution in [0.15, 0.2) is 66.7 Å². The number of phenols is 1. The molecule has 4 nitrogen and oxygen atoms in total. The van der Waals surface area contributed by atoms with E-state index in [1.54, 1.807) is 31.2 Å². The molecule has 1 heterocycles. The van der Waals surface area contributed by atoms with E-state index in [0.29, 0.717) is 24.8 Å². The normalized spacial score (nSPS) is 19.6. The number of likely N-dealkylation sites (tertiary alicyclic amines) is 1. The van der Waals surface area contributed by atoms with E-state index in [1.165, 1.54) is 6.07 Å². The van der Waals surface area contributed by atoms with Crippen LogP contribution in [0.3, 0.4) is 0 Å². The third-order valence-corrected chi connectivity index (χ3v) is 7.65. The summed E-state index contributed by atoms with van der Waals surface area (Å²) >= 11 is 0. The van der Waals surface area contributed by atoms with Gasteiger partial charge in [0.15, 0.2) is 0 Å². The molecule has 0 saturated carbocycles. The molecule has 212 valence electrons. The molecule has 0 amide bonds. The molecule has 3 aromatic rings. The third kappa shape index (κ3) is 6.78. The lowest BCUT2D eigenvalue weighted by Gasteiger charge is -2.18. The number of phenolic OH excluding ortho intramolecular Hbond substituents is 1. The standard InChI is InChI=1S/C32H33F4NO3/c1-21-17-23(6-12-31(21)40-32(34,35)36)24-5-10-29(30-11-7-26(38)19-25(30)18-24)22-3-8-27(9-4-22)39-28-13-16-37(20-28)15-2-14-33/h3-4,6-12,17,19,24,28,38H,2,5,13-16,18,20H2,1H3/t24?,28-/m0/s1. The Hall–Kier alpha value is -3.52. The summed E-state index contributed by atoms with van der Waals surface area (Å²) < 4.78 is 61.1. The molecule has 1 aliphatic heterocycles.